The normalized spacial score (nSPS) is 19.0. The first kappa shape index (κ1) is 15.7. The van der Waals surface area contributed by atoms with Crippen LogP contribution < -0.4 is 5.32 Å². The van der Waals surface area contributed by atoms with Crippen molar-refractivity contribution in [3.8, 4) is 0 Å². The highest BCUT2D eigenvalue weighted by Gasteiger charge is 2.32. The van der Waals surface area contributed by atoms with Crippen LogP contribution in [-0.2, 0) is 0 Å². The van der Waals surface area contributed by atoms with Crippen molar-refractivity contribution in [2.75, 3.05) is 11.9 Å². The zero-order chi connectivity index (χ0) is 15.5. The lowest BCUT2D eigenvalue weighted by Gasteiger charge is -2.35. The minimum Gasteiger partial charge on any atom is -0.478 e. The van der Waals surface area contributed by atoms with Gasteiger partial charge in [-0.15, -0.1) is 0 Å². The summed E-state index contributed by atoms with van der Waals surface area (Å²) in [5, 5.41) is 22.6. The highest BCUT2D eigenvalue weighted by molar-refractivity contribution is 5.88. The fraction of sp³-hybridized carbons (Fsp3) is 0.667. The van der Waals surface area contributed by atoms with Crippen LogP contribution in [0.1, 0.15) is 55.1 Å². The zero-order valence-corrected chi connectivity index (χ0v) is 12.6. The number of carboxylic acids is 1. The van der Waals surface area contributed by atoms with Crippen molar-refractivity contribution in [1.82, 2.24) is 9.97 Å². The van der Waals surface area contributed by atoms with Crippen LogP contribution in [0.15, 0.2) is 6.20 Å². The number of aromatic nitrogens is 2. The monoisotopic (exact) mass is 293 g/mol. The van der Waals surface area contributed by atoms with E-state index >= 15 is 0 Å². The summed E-state index contributed by atoms with van der Waals surface area (Å²) in [5.41, 5.74) is -0.291. The Bertz CT molecular complexity index is 511. The van der Waals surface area contributed by atoms with Gasteiger partial charge in [0.15, 0.2) is 0 Å². The third kappa shape index (κ3) is 3.91. The summed E-state index contributed by atoms with van der Waals surface area (Å²) in [7, 11) is 0. The molecule has 1 fully saturated rings. The molecular weight excluding hydrogens is 270 g/mol. The van der Waals surface area contributed by atoms with Gasteiger partial charge >= 0.3 is 5.97 Å². The maximum absolute atomic E-state index is 10.9. The molecule has 1 aromatic rings. The number of rotatable bonds is 5. The molecule has 1 aliphatic rings. The number of nitrogens with one attached hydrogen (secondary N) is 1. The summed E-state index contributed by atoms with van der Waals surface area (Å²) in [6, 6.07) is 0. The number of aryl methyl sites for hydroxylation is 1. The molecular formula is C15H23N3O3. The molecule has 0 radical (unpaired) electrons. The molecule has 0 bridgehead atoms. The van der Waals surface area contributed by atoms with Crippen LogP contribution in [0.5, 0.6) is 0 Å². The zero-order valence-electron chi connectivity index (χ0n) is 12.6. The van der Waals surface area contributed by atoms with Crippen molar-refractivity contribution >= 4 is 11.9 Å². The number of hydrogen-bond donors (Lipinski definition) is 3. The molecule has 0 saturated heterocycles. The van der Waals surface area contributed by atoms with Crippen molar-refractivity contribution in [1.29, 1.82) is 0 Å². The van der Waals surface area contributed by atoms with Gasteiger partial charge in [-0.05, 0) is 32.6 Å². The molecule has 6 nitrogen and oxygen atoms in total. The summed E-state index contributed by atoms with van der Waals surface area (Å²) in [6.07, 6.45) is 6.98. The number of carbonyl (C=O) groups is 1. The van der Waals surface area contributed by atoms with E-state index < -0.39 is 11.6 Å². The van der Waals surface area contributed by atoms with Crippen LogP contribution in [0.4, 0.5) is 5.95 Å². The van der Waals surface area contributed by atoms with E-state index in [0.29, 0.717) is 18.2 Å². The van der Waals surface area contributed by atoms with Crippen molar-refractivity contribution in [2.24, 2.45) is 5.92 Å². The van der Waals surface area contributed by atoms with Crippen LogP contribution in [0.25, 0.3) is 0 Å². The number of anilines is 1. The Hall–Kier alpha value is -1.69. The molecule has 1 atom stereocenters. The first-order valence-corrected chi connectivity index (χ1v) is 7.43. The molecule has 0 spiro atoms. The van der Waals surface area contributed by atoms with Gasteiger partial charge in [0, 0.05) is 12.7 Å². The molecule has 3 N–H and O–H groups in total. The SMILES string of the molecule is Cc1nc(NCC(C)(O)C2CCCCC2)ncc1C(=O)O. The Morgan fingerprint density at radius 3 is 2.67 bits per heavy atom. The molecule has 2 rings (SSSR count). The van der Waals surface area contributed by atoms with Gasteiger partial charge in [0.05, 0.1) is 16.9 Å². The van der Waals surface area contributed by atoms with E-state index in [9.17, 15) is 9.90 Å². The number of hydrogen-bond acceptors (Lipinski definition) is 5. The summed E-state index contributed by atoms with van der Waals surface area (Å²) >= 11 is 0. The number of aliphatic hydroxyl groups is 1. The first-order chi connectivity index (χ1) is 9.90. The average molecular weight is 293 g/mol. The minimum atomic E-state index is -1.03. The quantitative estimate of drug-likeness (QED) is 0.770. The number of carboxylic acid groups (broad SMARTS) is 1. The van der Waals surface area contributed by atoms with Crippen LogP contribution in [-0.4, -0.2) is 38.3 Å². The van der Waals surface area contributed by atoms with Crippen LogP contribution >= 0.6 is 0 Å². The van der Waals surface area contributed by atoms with Crippen LogP contribution in [0.3, 0.4) is 0 Å². The Labute approximate surface area is 124 Å². The van der Waals surface area contributed by atoms with Gasteiger partial charge in [0.1, 0.15) is 0 Å². The van der Waals surface area contributed by atoms with E-state index in [1.165, 1.54) is 25.5 Å². The molecule has 1 unspecified atom stereocenters. The van der Waals surface area contributed by atoms with E-state index in [-0.39, 0.29) is 11.5 Å². The van der Waals surface area contributed by atoms with Gasteiger partial charge in [-0.3, -0.25) is 0 Å². The van der Waals surface area contributed by atoms with E-state index in [0.717, 1.165) is 12.8 Å². The second kappa shape index (κ2) is 6.39. The lowest BCUT2D eigenvalue weighted by molar-refractivity contribution is -0.00458. The molecule has 1 heterocycles. The Morgan fingerprint density at radius 1 is 1.43 bits per heavy atom. The van der Waals surface area contributed by atoms with Crippen molar-refractivity contribution in [2.45, 2.75) is 51.6 Å². The highest BCUT2D eigenvalue weighted by atomic mass is 16.4. The molecule has 0 aromatic carbocycles. The summed E-state index contributed by atoms with van der Waals surface area (Å²) in [5.74, 6) is -0.389. The largest absolute Gasteiger partial charge is 0.478 e. The van der Waals surface area contributed by atoms with Crippen molar-refractivity contribution in [3.05, 3.63) is 17.5 Å². The Balaban J connectivity index is 1.98. The third-order valence-electron chi connectivity index (χ3n) is 4.30. The first-order valence-electron chi connectivity index (χ1n) is 7.43. The van der Waals surface area contributed by atoms with Gasteiger partial charge in [-0.1, -0.05) is 19.3 Å². The third-order valence-corrected chi connectivity index (χ3v) is 4.30. The standard InChI is InChI=1S/C15H23N3O3/c1-10-12(13(19)20)8-16-14(18-10)17-9-15(2,21)11-6-4-3-5-7-11/h8,11,21H,3-7,9H2,1-2H3,(H,19,20)(H,16,17,18). The molecule has 1 aliphatic carbocycles. The lowest BCUT2D eigenvalue weighted by atomic mass is 9.78. The predicted octanol–water partition coefficient (Wildman–Crippen LogP) is 2.23. The molecule has 6 heteroatoms. The van der Waals surface area contributed by atoms with E-state index in [1.54, 1.807) is 6.92 Å². The molecule has 116 valence electrons. The van der Waals surface area contributed by atoms with Crippen LogP contribution in [0, 0.1) is 12.8 Å². The smallest absolute Gasteiger partial charge is 0.339 e. The molecule has 0 aliphatic heterocycles. The average Bonchev–Trinajstić information content (AvgIpc) is 2.46. The van der Waals surface area contributed by atoms with E-state index in [4.69, 9.17) is 5.11 Å². The van der Waals surface area contributed by atoms with Gasteiger partial charge in [-0.25, -0.2) is 14.8 Å². The van der Waals surface area contributed by atoms with Gasteiger partial charge in [0.2, 0.25) is 5.95 Å². The number of aromatic carboxylic acids is 1. The minimum absolute atomic E-state index is 0.0968. The summed E-state index contributed by atoms with van der Waals surface area (Å²) < 4.78 is 0. The Kier molecular flexibility index (Phi) is 4.77. The second-order valence-corrected chi connectivity index (χ2v) is 6.04. The second-order valence-electron chi connectivity index (χ2n) is 6.04. The maximum Gasteiger partial charge on any atom is 0.339 e. The van der Waals surface area contributed by atoms with Gasteiger partial charge < -0.3 is 15.5 Å². The lowest BCUT2D eigenvalue weighted by Crippen LogP contribution is -2.42. The topological polar surface area (TPSA) is 95.3 Å². The molecule has 21 heavy (non-hydrogen) atoms. The highest BCUT2D eigenvalue weighted by Crippen LogP contribution is 2.32. The molecule has 1 aromatic heterocycles. The van der Waals surface area contributed by atoms with Crippen LogP contribution in [0.2, 0.25) is 0 Å². The van der Waals surface area contributed by atoms with Gasteiger partial charge in [0.25, 0.3) is 0 Å². The van der Waals surface area contributed by atoms with Gasteiger partial charge in [-0.2, -0.15) is 0 Å². The predicted molar refractivity (Wildman–Crippen MR) is 79.4 cm³/mol. The maximum atomic E-state index is 10.9. The molecule has 0 amide bonds. The summed E-state index contributed by atoms with van der Waals surface area (Å²) in [6.45, 7) is 3.84. The van der Waals surface area contributed by atoms with E-state index in [2.05, 4.69) is 15.3 Å². The fourth-order valence-corrected chi connectivity index (χ4v) is 2.89. The number of nitrogens with zero attached hydrogens (tertiary/aromatic N) is 2. The molecule has 1 saturated carbocycles. The van der Waals surface area contributed by atoms with Crippen molar-refractivity contribution in [3.63, 3.8) is 0 Å². The van der Waals surface area contributed by atoms with Crippen molar-refractivity contribution < 1.29 is 15.0 Å². The Morgan fingerprint density at radius 2 is 2.10 bits per heavy atom. The fourth-order valence-electron chi connectivity index (χ4n) is 2.89. The summed E-state index contributed by atoms with van der Waals surface area (Å²) in [4.78, 5) is 19.0. The van der Waals surface area contributed by atoms with E-state index in [1.807, 2.05) is 6.92 Å².